The summed E-state index contributed by atoms with van der Waals surface area (Å²) in [5, 5.41) is 3.17. The van der Waals surface area contributed by atoms with E-state index in [2.05, 4.69) is 10.0 Å². The highest BCUT2D eigenvalue weighted by atomic mass is 32.2. The molecule has 6 heteroatoms. The summed E-state index contributed by atoms with van der Waals surface area (Å²) < 4.78 is 28.7. The molecule has 1 saturated carbocycles. The Balaban J connectivity index is 1.93. The molecule has 0 aromatic carbocycles. The zero-order valence-corrected chi connectivity index (χ0v) is 11.3. The van der Waals surface area contributed by atoms with Crippen molar-refractivity contribution in [2.75, 3.05) is 20.1 Å². The SMILES string of the molecule is CN(C1CCCCC1)S(=O)(=O)NC1CCNC1. The van der Waals surface area contributed by atoms with Crippen LogP contribution in [0.4, 0.5) is 0 Å². The summed E-state index contributed by atoms with van der Waals surface area (Å²) >= 11 is 0. The van der Waals surface area contributed by atoms with Crippen LogP contribution in [0.15, 0.2) is 0 Å². The molecular formula is C11H23N3O2S. The molecule has 17 heavy (non-hydrogen) atoms. The summed E-state index contributed by atoms with van der Waals surface area (Å²) in [6, 6.07) is 0.252. The molecule has 100 valence electrons. The maximum Gasteiger partial charge on any atom is 0.279 e. The Morgan fingerprint density at radius 3 is 2.47 bits per heavy atom. The van der Waals surface area contributed by atoms with E-state index >= 15 is 0 Å². The standard InChI is InChI=1S/C11H23N3O2S/c1-14(11-5-3-2-4-6-11)17(15,16)13-10-7-8-12-9-10/h10-13H,2-9H2,1H3. The third kappa shape index (κ3) is 3.40. The molecule has 2 rings (SSSR count). The summed E-state index contributed by atoms with van der Waals surface area (Å²) in [5.41, 5.74) is 0. The van der Waals surface area contributed by atoms with Gasteiger partial charge in [0.1, 0.15) is 0 Å². The van der Waals surface area contributed by atoms with E-state index in [1.165, 1.54) is 6.42 Å². The van der Waals surface area contributed by atoms with Gasteiger partial charge in [0, 0.05) is 25.7 Å². The van der Waals surface area contributed by atoms with E-state index in [4.69, 9.17) is 0 Å². The van der Waals surface area contributed by atoms with Crippen molar-refractivity contribution in [2.45, 2.75) is 50.6 Å². The molecule has 0 aromatic rings. The average molecular weight is 261 g/mol. The Hall–Kier alpha value is -0.170. The fraction of sp³-hybridized carbons (Fsp3) is 1.00. The van der Waals surface area contributed by atoms with Gasteiger partial charge in [-0.25, -0.2) is 0 Å². The molecule has 0 spiro atoms. The molecule has 2 fully saturated rings. The Bertz CT molecular complexity index is 333. The van der Waals surface area contributed by atoms with Crippen LogP contribution in [0.3, 0.4) is 0 Å². The fourth-order valence-corrected chi connectivity index (χ4v) is 4.08. The van der Waals surface area contributed by atoms with Crippen molar-refractivity contribution in [2.24, 2.45) is 0 Å². The summed E-state index contributed by atoms with van der Waals surface area (Å²) in [4.78, 5) is 0. The van der Waals surface area contributed by atoms with Gasteiger partial charge in [0.15, 0.2) is 0 Å². The molecule has 1 saturated heterocycles. The lowest BCUT2D eigenvalue weighted by Gasteiger charge is -2.31. The number of nitrogens with one attached hydrogen (secondary N) is 2. The summed E-state index contributed by atoms with van der Waals surface area (Å²) in [5.74, 6) is 0. The van der Waals surface area contributed by atoms with Gasteiger partial charge < -0.3 is 5.32 Å². The zero-order valence-electron chi connectivity index (χ0n) is 10.5. The van der Waals surface area contributed by atoms with Crippen molar-refractivity contribution in [3.63, 3.8) is 0 Å². The Morgan fingerprint density at radius 2 is 1.88 bits per heavy atom. The Labute approximate surface area is 104 Å². The summed E-state index contributed by atoms with van der Waals surface area (Å²) in [7, 11) is -1.59. The minimum Gasteiger partial charge on any atom is -0.315 e. The normalized spacial score (nSPS) is 27.8. The van der Waals surface area contributed by atoms with Gasteiger partial charge in [-0.2, -0.15) is 17.4 Å². The predicted octanol–water partition coefficient (Wildman–Crippen LogP) is 0.447. The smallest absolute Gasteiger partial charge is 0.279 e. The van der Waals surface area contributed by atoms with Gasteiger partial charge in [-0.05, 0) is 25.8 Å². The highest BCUT2D eigenvalue weighted by Gasteiger charge is 2.30. The number of hydrogen-bond acceptors (Lipinski definition) is 3. The minimum absolute atomic E-state index is 0.0611. The third-order valence-corrected chi connectivity index (χ3v) is 5.53. The van der Waals surface area contributed by atoms with Gasteiger partial charge >= 0.3 is 0 Å². The van der Waals surface area contributed by atoms with E-state index in [1.54, 1.807) is 11.4 Å². The van der Waals surface area contributed by atoms with Gasteiger partial charge in [0.05, 0.1) is 0 Å². The van der Waals surface area contributed by atoms with E-state index < -0.39 is 10.2 Å². The largest absolute Gasteiger partial charge is 0.315 e. The zero-order chi connectivity index (χ0) is 12.3. The second kappa shape index (κ2) is 5.65. The van der Waals surface area contributed by atoms with Crippen molar-refractivity contribution in [1.29, 1.82) is 0 Å². The number of hydrogen-bond donors (Lipinski definition) is 2. The maximum atomic E-state index is 12.2. The van der Waals surface area contributed by atoms with Crippen LogP contribution in [0.25, 0.3) is 0 Å². The Morgan fingerprint density at radius 1 is 1.18 bits per heavy atom. The molecular weight excluding hydrogens is 238 g/mol. The maximum absolute atomic E-state index is 12.2. The molecule has 0 aromatic heterocycles. The predicted molar refractivity (Wildman–Crippen MR) is 68.0 cm³/mol. The van der Waals surface area contributed by atoms with Gasteiger partial charge in [0.2, 0.25) is 0 Å². The van der Waals surface area contributed by atoms with Crippen molar-refractivity contribution in [3.8, 4) is 0 Å². The van der Waals surface area contributed by atoms with E-state index in [1.807, 2.05) is 0 Å². The first-order valence-electron chi connectivity index (χ1n) is 6.55. The highest BCUT2D eigenvalue weighted by molar-refractivity contribution is 7.87. The van der Waals surface area contributed by atoms with E-state index in [0.29, 0.717) is 0 Å². The van der Waals surface area contributed by atoms with Crippen LogP contribution in [0, 0.1) is 0 Å². The summed E-state index contributed by atoms with van der Waals surface area (Å²) in [6.07, 6.45) is 6.42. The van der Waals surface area contributed by atoms with Crippen LogP contribution < -0.4 is 10.0 Å². The quantitative estimate of drug-likeness (QED) is 0.772. The third-order valence-electron chi connectivity index (χ3n) is 3.84. The molecule has 1 heterocycles. The average Bonchev–Trinajstić information content (AvgIpc) is 2.81. The first-order chi connectivity index (χ1) is 8.09. The van der Waals surface area contributed by atoms with Crippen LogP contribution in [0.5, 0.6) is 0 Å². The van der Waals surface area contributed by atoms with Crippen LogP contribution in [-0.4, -0.2) is 44.9 Å². The van der Waals surface area contributed by atoms with Gasteiger partial charge in [-0.15, -0.1) is 0 Å². The number of rotatable bonds is 4. The van der Waals surface area contributed by atoms with Crippen molar-refractivity contribution in [3.05, 3.63) is 0 Å². The molecule has 2 aliphatic rings. The highest BCUT2D eigenvalue weighted by Crippen LogP contribution is 2.23. The van der Waals surface area contributed by atoms with E-state index in [0.717, 1.165) is 45.2 Å². The first-order valence-corrected chi connectivity index (χ1v) is 7.99. The number of nitrogens with zero attached hydrogens (tertiary/aromatic N) is 1. The second-order valence-corrected chi connectivity index (χ2v) is 6.88. The first kappa shape index (κ1) is 13.3. The van der Waals surface area contributed by atoms with Crippen LogP contribution in [-0.2, 0) is 10.2 Å². The van der Waals surface area contributed by atoms with Crippen LogP contribution >= 0.6 is 0 Å². The summed E-state index contributed by atoms with van der Waals surface area (Å²) in [6.45, 7) is 1.65. The van der Waals surface area contributed by atoms with Crippen LogP contribution in [0.1, 0.15) is 38.5 Å². The molecule has 1 aliphatic carbocycles. The topological polar surface area (TPSA) is 61.4 Å². The lowest BCUT2D eigenvalue weighted by molar-refractivity contribution is 0.281. The van der Waals surface area contributed by atoms with Crippen molar-refractivity contribution >= 4 is 10.2 Å². The Kier molecular flexibility index (Phi) is 4.41. The van der Waals surface area contributed by atoms with Gasteiger partial charge in [-0.1, -0.05) is 19.3 Å². The van der Waals surface area contributed by atoms with Crippen molar-refractivity contribution in [1.82, 2.24) is 14.3 Å². The van der Waals surface area contributed by atoms with Crippen molar-refractivity contribution < 1.29 is 8.42 Å². The molecule has 0 radical (unpaired) electrons. The molecule has 1 unspecified atom stereocenters. The molecule has 1 aliphatic heterocycles. The fourth-order valence-electron chi connectivity index (χ4n) is 2.69. The lowest BCUT2D eigenvalue weighted by Crippen LogP contribution is -2.48. The molecule has 1 atom stereocenters. The van der Waals surface area contributed by atoms with Gasteiger partial charge in [-0.3, -0.25) is 0 Å². The van der Waals surface area contributed by atoms with E-state index in [-0.39, 0.29) is 12.1 Å². The minimum atomic E-state index is -3.30. The molecule has 0 bridgehead atoms. The molecule has 2 N–H and O–H groups in total. The monoisotopic (exact) mass is 261 g/mol. The second-order valence-electron chi connectivity index (χ2n) is 5.12. The van der Waals surface area contributed by atoms with Crippen LogP contribution in [0.2, 0.25) is 0 Å². The molecule has 5 nitrogen and oxygen atoms in total. The lowest BCUT2D eigenvalue weighted by atomic mass is 9.96. The van der Waals surface area contributed by atoms with Gasteiger partial charge in [0.25, 0.3) is 10.2 Å². The molecule has 0 amide bonds. The van der Waals surface area contributed by atoms with E-state index in [9.17, 15) is 8.42 Å².